The predicted octanol–water partition coefficient (Wildman–Crippen LogP) is 2.05. The minimum Gasteiger partial charge on any atom is -0.370 e. The lowest BCUT2D eigenvalue weighted by Crippen LogP contribution is -2.21. The number of aromatic nitrogens is 2. The van der Waals surface area contributed by atoms with Crippen LogP contribution in [0.4, 0.5) is 0 Å². The standard InChI is InChI=1S/C12H18N2O3/c1-2-3-12-13-11(14-17-12)8-16-10-6-4-9(15)5-7-10/h10H,2-8H2,1H3. The second kappa shape index (κ2) is 5.91. The van der Waals surface area contributed by atoms with E-state index in [-0.39, 0.29) is 6.10 Å². The number of ether oxygens (including phenoxy) is 1. The van der Waals surface area contributed by atoms with E-state index in [9.17, 15) is 4.79 Å². The molecule has 0 atom stereocenters. The Labute approximate surface area is 101 Å². The topological polar surface area (TPSA) is 65.2 Å². The van der Waals surface area contributed by atoms with Crippen molar-refractivity contribution >= 4 is 5.78 Å². The minimum atomic E-state index is 0.167. The van der Waals surface area contributed by atoms with Crippen molar-refractivity contribution in [2.45, 2.75) is 58.2 Å². The van der Waals surface area contributed by atoms with Gasteiger partial charge in [0.05, 0.1) is 6.10 Å². The third-order valence-electron chi connectivity index (χ3n) is 2.91. The Morgan fingerprint density at radius 2 is 2.18 bits per heavy atom. The molecule has 0 aromatic carbocycles. The number of hydrogen-bond donors (Lipinski definition) is 0. The van der Waals surface area contributed by atoms with Gasteiger partial charge in [-0.1, -0.05) is 12.1 Å². The average molecular weight is 238 g/mol. The first kappa shape index (κ1) is 12.2. The van der Waals surface area contributed by atoms with E-state index in [0.29, 0.717) is 36.9 Å². The van der Waals surface area contributed by atoms with Gasteiger partial charge < -0.3 is 9.26 Å². The van der Waals surface area contributed by atoms with E-state index < -0.39 is 0 Å². The van der Waals surface area contributed by atoms with Gasteiger partial charge in [-0.05, 0) is 19.3 Å². The molecule has 0 bridgehead atoms. The van der Waals surface area contributed by atoms with Gasteiger partial charge in [0.25, 0.3) is 0 Å². The number of carbonyl (C=O) groups is 1. The highest BCUT2D eigenvalue weighted by molar-refractivity contribution is 5.79. The molecule has 1 aromatic heterocycles. The first-order chi connectivity index (χ1) is 8.28. The largest absolute Gasteiger partial charge is 0.370 e. The summed E-state index contributed by atoms with van der Waals surface area (Å²) in [6.07, 6.45) is 4.88. The minimum absolute atomic E-state index is 0.167. The first-order valence-electron chi connectivity index (χ1n) is 6.22. The smallest absolute Gasteiger partial charge is 0.226 e. The molecule has 17 heavy (non-hydrogen) atoms. The van der Waals surface area contributed by atoms with Crippen molar-refractivity contribution in [2.24, 2.45) is 0 Å². The Hall–Kier alpha value is -1.23. The van der Waals surface area contributed by atoms with Crippen LogP contribution >= 0.6 is 0 Å². The molecule has 94 valence electrons. The molecule has 0 saturated heterocycles. The zero-order valence-corrected chi connectivity index (χ0v) is 10.1. The number of Topliss-reactive ketones (excluding diaryl/α,β-unsaturated/α-hetero) is 1. The van der Waals surface area contributed by atoms with Crippen molar-refractivity contribution in [3.8, 4) is 0 Å². The van der Waals surface area contributed by atoms with Gasteiger partial charge in [0, 0.05) is 19.3 Å². The van der Waals surface area contributed by atoms with Crippen LogP contribution in [0, 0.1) is 0 Å². The molecule has 0 amide bonds. The van der Waals surface area contributed by atoms with Gasteiger partial charge >= 0.3 is 0 Å². The molecule has 1 aromatic rings. The summed E-state index contributed by atoms with van der Waals surface area (Å²) in [4.78, 5) is 15.3. The summed E-state index contributed by atoms with van der Waals surface area (Å²) in [7, 11) is 0. The van der Waals surface area contributed by atoms with Crippen LogP contribution in [0.2, 0.25) is 0 Å². The Balaban J connectivity index is 1.75. The van der Waals surface area contributed by atoms with Crippen LogP contribution < -0.4 is 0 Å². The summed E-state index contributed by atoms with van der Waals surface area (Å²) in [5, 5.41) is 3.86. The van der Waals surface area contributed by atoms with Crippen molar-refractivity contribution < 1.29 is 14.1 Å². The van der Waals surface area contributed by atoms with Crippen molar-refractivity contribution in [1.82, 2.24) is 10.1 Å². The molecule has 1 aliphatic carbocycles. The summed E-state index contributed by atoms with van der Waals surface area (Å²) in [5.41, 5.74) is 0. The average Bonchev–Trinajstić information content (AvgIpc) is 2.77. The van der Waals surface area contributed by atoms with Gasteiger partial charge in [0.1, 0.15) is 12.4 Å². The number of rotatable bonds is 5. The summed E-state index contributed by atoms with van der Waals surface area (Å²) < 4.78 is 10.7. The number of nitrogens with zero attached hydrogens (tertiary/aromatic N) is 2. The summed E-state index contributed by atoms with van der Waals surface area (Å²) in [6.45, 7) is 2.45. The zero-order chi connectivity index (χ0) is 12.1. The maximum absolute atomic E-state index is 11.1. The van der Waals surface area contributed by atoms with E-state index >= 15 is 0 Å². The van der Waals surface area contributed by atoms with Crippen LogP contribution in [0.15, 0.2) is 4.52 Å². The highest BCUT2D eigenvalue weighted by Gasteiger charge is 2.19. The fraction of sp³-hybridized carbons (Fsp3) is 0.750. The summed E-state index contributed by atoms with van der Waals surface area (Å²) in [5.74, 6) is 1.62. The Morgan fingerprint density at radius 1 is 1.41 bits per heavy atom. The van der Waals surface area contributed by atoms with E-state index in [0.717, 1.165) is 25.7 Å². The molecule has 0 aliphatic heterocycles. The third kappa shape index (κ3) is 3.63. The lowest BCUT2D eigenvalue weighted by molar-refractivity contribution is -0.123. The van der Waals surface area contributed by atoms with Gasteiger partial charge in [0.2, 0.25) is 5.89 Å². The van der Waals surface area contributed by atoms with Crippen molar-refractivity contribution in [2.75, 3.05) is 0 Å². The van der Waals surface area contributed by atoms with E-state index in [1.54, 1.807) is 0 Å². The number of carbonyl (C=O) groups excluding carboxylic acids is 1. The highest BCUT2D eigenvalue weighted by atomic mass is 16.5. The van der Waals surface area contributed by atoms with Crippen LogP contribution in [0.1, 0.15) is 50.7 Å². The number of hydrogen-bond acceptors (Lipinski definition) is 5. The van der Waals surface area contributed by atoms with E-state index in [2.05, 4.69) is 17.1 Å². The number of aryl methyl sites for hydroxylation is 1. The molecule has 1 aliphatic rings. The molecule has 5 nitrogen and oxygen atoms in total. The summed E-state index contributed by atoms with van der Waals surface area (Å²) >= 11 is 0. The molecule has 5 heteroatoms. The van der Waals surface area contributed by atoms with E-state index in [1.807, 2.05) is 0 Å². The van der Waals surface area contributed by atoms with Crippen LogP contribution in [0.25, 0.3) is 0 Å². The second-order valence-corrected chi connectivity index (χ2v) is 4.40. The molecule has 1 heterocycles. The Morgan fingerprint density at radius 3 is 2.88 bits per heavy atom. The fourth-order valence-corrected chi connectivity index (χ4v) is 1.94. The first-order valence-corrected chi connectivity index (χ1v) is 6.22. The molecule has 0 radical (unpaired) electrons. The van der Waals surface area contributed by atoms with Gasteiger partial charge in [-0.2, -0.15) is 4.98 Å². The molecule has 0 unspecified atom stereocenters. The molecule has 0 spiro atoms. The van der Waals surface area contributed by atoms with Gasteiger partial charge in [0.15, 0.2) is 5.82 Å². The molecule has 1 saturated carbocycles. The van der Waals surface area contributed by atoms with Crippen LogP contribution in [-0.4, -0.2) is 22.0 Å². The van der Waals surface area contributed by atoms with Gasteiger partial charge in [-0.25, -0.2) is 0 Å². The molecule has 2 rings (SSSR count). The monoisotopic (exact) mass is 238 g/mol. The van der Waals surface area contributed by atoms with E-state index in [1.165, 1.54) is 0 Å². The van der Waals surface area contributed by atoms with Crippen LogP contribution in [0.5, 0.6) is 0 Å². The van der Waals surface area contributed by atoms with Crippen molar-refractivity contribution in [3.63, 3.8) is 0 Å². The van der Waals surface area contributed by atoms with Gasteiger partial charge in [-0.3, -0.25) is 4.79 Å². The lowest BCUT2D eigenvalue weighted by Gasteiger charge is -2.20. The number of ketones is 1. The summed E-state index contributed by atoms with van der Waals surface area (Å²) in [6, 6.07) is 0. The predicted molar refractivity (Wildman–Crippen MR) is 60.3 cm³/mol. The van der Waals surface area contributed by atoms with Crippen LogP contribution in [-0.2, 0) is 22.6 Å². The molecular formula is C12H18N2O3. The maximum atomic E-state index is 11.1. The lowest BCUT2D eigenvalue weighted by atomic mass is 9.96. The van der Waals surface area contributed by atoms with Crippen molar-refractivity contribution in [3.05, 3.63) is 11.7 Å². The van der Waals surface area contributed by atoms with Crippen LogP contribution in [0.3, 0.4) is 0 Å². The van der Waals surface area contributed by atoms with Crippen molar-refractivity contribution in [1.29, 1.82) is 0 Å². The van der Waals surface area contributed by atoms with Gasteiger partial charge in [-0.15, -0.1) is 0 Å². The quantitative estimate of drug-likeness (QED) is 0.785. The molecular weight excluding hydrogens is 220 g/mol. The second-order valence-electron chi connectivity index (χ2n) is 4.40. The fourth-order valence-electron chi connectivity index (χ4n) is 1.94. The van der Waals surface area contributed by atoms with E-state index in [4.69, 9.17) is 9.26 Å². The zero-order valence-electron chi connectivity index (χ0n) is 10.1. The maximum Gasteiger partial charge on any atom is 0.226 e. The Bertz CT molecular complexity index is 366. The molecule has 1 fully saturated rings. The molecule has 0 N–H and O–H groups in total. The third-order valence-corrected chi connectivity index (χ3v) is 2.91. The SMILES string of the molecule is CCCc1nc(COC2CCC(=O)CC2)no1. The highest BCUT2D eigenvalue weighted by Crippen LogP contribution is 2.18. The normalized spacial score (nSPS) is 17.6. The Kier molecular flexibility index (Phi) is 4.25.